The smallest absolute Gasteiger partial charge is 0.254 e. The topological polar surface area (TPSA) is 40.5 Å². The summed E-state index contributed by atoms with van der Waals surface area (Å²) in [5.74, 6) is 0.289. The summed E-state index contributed by atoms with van der Waals surface area (Å²) in [6.07, 6.45) is 7.32. The molecule has 2 aliphatic rings. The number of fused-ring (bicyclic) bond motifs is 1. The highest BCUT2D eigenvalue weighted by molar-refractivity contribution is 5.98. The summed E-state index contributed by atoms with van der Waals surface area (Å²) < 4.78 is 0. The van der Waals surface area contributed by atoms with Crippen molar-refractivity contribution >= 4 is 5.91 Å². The van der Waals surface area contributed by atoms with Crippen molar-refractivity contribution in [3.05, 3.63) is 29.3 Å². The molecule has 1 heterocycles. The van der Waals surface area contributed by atoms with Gasteiger partial charge < -0.3 is 10.0 Å². The number of hydrogen-bond donors (Lipinski definition) is 1. The second-order valence-corrected chi connectivity index (χ2v) is 5.42. The summed E-state index contributed by atoms with van der Waals surface area (Å²) in [5.41, 5.74) is 1.75. The molecule has 1 fully saturated rings. The zero-order chi connectivity index (χ0) is 12.5. The predicted molar refractivity (Wildman–Crippen MR) is 69.5 cm³/mol. The molecule has 0 spiro atoms. The molecular formula is C15H19NO2. The van der Waals surface area contributed by atoms with Crippen molar-refractivity contribution in [2.75, 3.05) is 0 Å². The number of aromatic hydroxyl groups is 1. The third-order valence-corrected chi connectivity index (χ3v) is 4.19. The Morgan fingerprint density at radius 3 is 2.56 bits per heavy atom. The summed E-state index contributed by atoms with van der Waals surface area (Å²) in [6.45, 7) is 0.721. The Balaban J connectivity index is 1.82. The molecule has 1 N–H and O–H groups in total. The summed E-state index contributed by atoms with van der Waals surface area (Å²) in [4.78, 5) is 14.4. The van der Waals surface area contributed by atoms with Crippen molar-refractivity contribution < 1.29 is 9.90 Å². The van der Waals surface area contributed by atoms with E-state index in [1.165, 1.54) is 25.7 Å². The van der Waals surface area contributed by atoms with Gasteiger partial charge in [0.1, 0.15) is 5.75 Å². The van der Waals surface area contributed by atoms with Gasteiger partial charge in [-0.05, 0) is 30.5 Å². The molecule has 1 aromatic rings. The monoisotopic (exact) mass is 245 g/mol. The van der Waals surface area contributed by atoms with Gasteiger partial charge in [-0.2, -0.15) is 0 Å². The van der Waals surface area contributed by atoms with Crippen molar-refractivity contribution in [1.29, 1.82) is 0 Å². The van der Waals surface area contributed by atoms with Crippen LogP contribution >= 0.6 is 0 Å². The van der Waals surface area contributed by atoms with Crippen molar-refractivity contribution in [3.63, 3.8) is 0 Å². The lowest BCUT2D eigenvalue weighted by molar-refractivity contribution is 0.0685. The fourth-order valence-corrected chi connectivity index (χ4v) is 3.18. The first kappa shape index (κ1) is 11.6. The third-order valence-electron chi connectivity index (χ3n) is 4.19. The molecule has 1 aromatic carbocycles. The van der Waals surface area contributed by atoms with E-state index in [0.717, 1.165) is 24.9 Å². The number of amides is 1. The molecule has 1 amide bonds. The highest BCUT2D eigenvalue weighted by atomic mass is 16.3. The molecule has 3 nitrogen and oxygen atoms in total. The van der Waals surface area contributed by atoms with E-state index in [-0.39, 0.29) is 11.7 Å². The molecule has 0 unspecified atom stereocenters. The number of benzene rings is 1. The molecule has 1 aliphatic heterocycles. The van der Waals surface area contributed by atoms with Gasteiger partial charge in [-0.3, -0.25) is 4.79 Å². The van der Waals surface area contributed by atoms with E-state index in [4.69, 9.17) is 0 Å². The van der Waals surface area contributed by atoms with Crippen LogP contribution in [0.1, 0.15) is 54.4 Å². The normalized spacial score (nSPS) is 20.9. The van der Waals surface area contributed by atoms with Crippen LogP contribution in [0.3, 0.4) is 0 Å². The Hall–Kier alpha value is -1.51. The SMILES string of the molecule is O=C1c2cc(O)ccc2CN1C1CCCCCC1. The van der Waals surface area contributed by atoms with Gasteiger partial charge in [0.05, 0.1) is 0 Å². The van der Waals surface area contributed by atoms with E-state index in [2.05, 4.69) is 0 Å². The lowest BCUT2D eigenvalue weighted by Crippen LogP contribution is -2.35. The molecule has 0 saturated heterocycles. The van der Waals surface area contributed by atoms with Gasteiger partial charge in [0.15, 0.2) is 0 Å². The zero-order valence-electron chi connectivity index (χ0n) is 10.6. The number of phenolic OH excluding ortho intramolecular Hbond substituents is 1. The van der Waals surface area contributed by atoms with E-state index in [9.17, 15) is 9.90 Å². The van der Waals surface area contributed by atoms with Crippen molar-refractivity contribution in [2.45, 2.75) is 51.1 Å². The molecule has 1 aliphatic carbocycles. The van der Waals surface area contributed by atoms with E-state index in [1.807, 2.05) is 11.0 Å². The first-order chi connectivity index (χ1) is 8.75. The highest BCUT2D eigenvalue weighted by Crippen LogP contribution is 2.31. The zero-order valence-corrected chi connectivity index (χ0v) is 10.6. The van der Waals surface area contributed by atoms with Crippen LogP contribution in [0.25, 0.3) is 0 Å². The summed E-state index contributed by atoms with van der Waals surface area (Å²) >= 11 is 0. The average molecular weight is 245 g/mol. The van der Waals surface area contributed by atoms with Crippen molar-refractivity contribution in [3.8, 4) is 5.75 Å². The van der Waals surface area contributed by atoms with Crippen LogP contribution in [0.5, 0.6) is 5.75 Å². The maximum atomic E-state index is 12.4. The number of carbonyl (C=O) groups is 1. The highest BCUT2D eigenvalue weighted by Gasteiger charge is 2.32. The van der Waals surface area contributed by atoms with Crippen LogP contribution in [0.2, 0.25) is 0 Å². The third kappa shape index (κ3) is 1.98. The second kappa shape index (κ2) is 4.63. The van der Waals surface area contributed by atoms with E-state index >= 15 is 0 Å². The molecule has 1 saturated carbocycles. The Bertz CT molecular complexity index is 462. The fourth-order valence-electron chi connectivity index (χ4n) is 3.18. The van der Waals surface area contributed by atoms with Crippen LogP contribution in [0.4, 0.5) is 0 Å². The lowest BCUT2D eigenvalue weighted by Gasteiger charge is -2.26. The molecule has 0 bridgehead atoms. The number of rotatable bonds is 1. The first-order valence-corrected chi connectivity index (χ1v) is 6.88. The molecular weight excluding hydrogens is 226 g/mol. The van der Waals surface area contributed by atoms with Crippen LogP contribution in [0, 0.1) is 0 Å². The van der Waals surface area contributed by atoms with E-state index in [1.54, 1.807) is 12.1 Å². The molecule has 0 atom stereocenters. The van der Waals surface area contributed by atoms with Gasteiger partial charge in [-0.1, -0.05) is 31.7 Å². The Labute approximate surface area is 107 Å². The van der Waals surface area contributed by atoms with Gasteiger partial charge >= 0.3 is 0 Å². The summed E-state index contributed by atoms with van der Waals surface area (Å²) in [6, 6.07) is 5.55. The fraction of sp³-hybridized carbons (Fsp3) is 0.533. The number of carbonyl (C=O) groups excluding carboxylic acids is 1. The van der Waals surface area contributed by atoms with Crippen molar-refractivity contribution in [1.82, 2.24) is 4.90 Å². The minimum absolute atomic E-state index is 0.104. The Morgan fingerprint density at radius 2 is 1.83 bits per heavy atom. The Morgan fingerprint density at radius 1 is 1.11 bits per heavy atom. The maximum absolute atomic E-state index is 12.4. The average Bonchev–Trinajstić information content (AvgIpc) is 2.59. The summed E-state index contributed by atoms with van der Waals surface area (Å²) in [5, 5.41) is 9.49. The number of nitrogens with zero attached hydrogens (tertiary/aromatic N) is 1. The van der Waals surface area contributed by atoms with Gasteiger partial charge in [0.25, 0.3) is 5.91 Å². The predicted octanol–water partition coefficient (Wildman–Crippen LogP) is 3.07. The minimum atomic E-state index is 0.104. The van der Waals surface area contributed by atoms with Crippen molar-refractivity contribution in [2.24, 2.45) is 0 Å². The molecule has 96 valence electrons. The maximum Gasteiger partial charge on any atom is 0.254 e. The largest absolute Gasteiger partial charge is 0.508 e. The van der Waals surface area contributed by atoms with Crippen LogP contribution in [-0.4, -0.2) is 22.0 Å². The van der Waals surface area contributed by atoms with Gasteiger partial charge in [-0.25, -0.2) is 0 Å². The summed E-state index contributed by atoms with van der Waals surface area (Å²) in [7, 11) is 0. The van der Waals surface area contributed by atoms with Gasteiger partial charge in [0.2, 0.25) is 0 Å². The van der Waals surface area contributed by atoms with Gasteiger partial charge in [-0.15, -0.1) is 0 Å². The molecule has 0 radical (unpaired) electrons. The minimum Gasteiger partial charge on any atom is -0.508 e. The van der Waals surface area contributed by atoms with E-state index in [0.29, 0.717) is 11.6 Å². The van der Waals surface area contributed by atoms with Crippen LogP contribution in [-0.2, 0) is 6.54 Å². The van der Waals surface area contributed by atoms with Gasteiger partial charge in [0, 0.05) is 18.2 Å². The first-order valence-electron chi connectivity index (χ1n) is 6.88. The molecule has 18 heavy (non-hydrogen) atoms. The van der Waals surface area contributed by atoms with E-state index < -0.39 is 0 Å². The molecule has 3 rings (SSSR count). The van der Waals surface area contributed by atoms with Crippen LogP contribution < -0.4 is 0 Å². The number of phenols is 1. The van der Waals surface area contributed by atoms with Crippen LogP contribution in [0.15, 0.2) is 18.2 Å². The Kier molecular flexibility index (Phi) is 2.98. The molecule has 0 aromatic heterocycles. The lowest BCUT2D eigenvalue weighted by atomic mass is 10.1. The number of hydrogen-bond acceptors (Lipinski definition) is 2. The quantitative estimate of drug-likeness (QED) is 0.772. The standard InChI is InChI=1S/C15H19NO2/c17-13-8-7-11-10-16(15(18)14(11)9-13)12-5-3-1-2-4-6-12/h7-9,12,17H,1-6,10H2. The molecule has 3 heteroatoms. The second-order valence-electron chi connectivity index (χ2n) is 5.42.